The molecule has 1 amide bonds. The Bertz CT molecular complexity index is 469. The van der Waals surface area contributed by atoms with Crippen molar-refractivity contribution in [3.8, 4) is 0 Å². The molecule has 0 bridgehead atoms. The van der Waals surface area contributed by atoms with Gasteiger partial charge >= 0.3 is 5.97 Å². The van der Waals surface area contributed by atoms with Crippen LogP contribution in [0.5, 0.6) is 0 Å². The van der Waals surface area contributed by atoms with E-state index in [1.165, 1.54) is 0 Å². The molecule has 1 fully saturated rings. The van der Waals surface area contributed by atoms with Crippen LogP contribution in [0, 0.1) is 5.92 Å². The summed E-state index contributed by atoms with van der Waals surface area (Å²) >= 11 is 0. The number of carbonyl (C=O) groups excluding carboxylic acids is 1. The second-order valence-corrected chi connectivity index (χ2v) is 4.81. The second kappa shape index (κ2) is 5.88. The summed E-state index contributed by atoms with van der Waals surface area (Å²) in [5.41, 5.74) is 5.43. The molecule has 1 atom stereocenters. The molecule has 0 saturated carbocycles. The molecule has 2 rings (SSSR count). The first-order valence-corrected chi connectivity index (χ1v) is 6.40. The van der Waals surface area contributed by atoms with Crippen LogP contribution >= 0.6 is 0 Å². The standard InChI is InChI=1S/C13H18N2O4/c14-7-10-2-3-11(19-10)13(18)15-6-5-9(8-15)1-4-12(16)17/h2-3,9H,1,4-8,14H2,(H,16,17). The fraction of sp³-hybridized carbons (Fsp3) is 0.538. The average Bonchev–Trinajstić information content (AvgIpc) is 3.04. The van der Waals surface area contributed by atoms with Gasteiger partial charge in [-0.2, -0.15) is 0 Å². The van der Waals surface area contributed by atoms with Gasteiger partial charge in [0.15, 0.2) is 5.76 Å². The van der Waals surface area contributed by atoms with Crippen LogP contribution in [0.4, 0.5) is 0 Å². The maximum atomic E-state index is 12.1. The summed E-state index contributed by atoms with van der Waals surface area (Å²) in [6, 6.07) is 3.33. The van der Waals surface area contributed by atoms with E-state index in [9.17, 15) is 9.59 Å². The van der Waals surface area contributed by atoms with Crippen LogP contribution in [0.3, 0.4) is 0 Å². The minimum absolute atomic E-state index is 0.141. The first kappa shape index (κ1) is 13.6. The van der Waals surface area contributed by atoms with Crippen molar-refractivity contribution in [3.63, 3.8) is 0 Å². The molecule has 1 unspecified atom stereocenters. The molecule has 0 aromatic carbocycles. The molecule has 1 aliphatic heterocycles. The summed E-state index contributed by atoms with van der Waals surface area (Å²) < 4.78 is 5.33. The monoisotopic (exact) mass is 266 g/mol. The Kier molecular flexibility index (Phi) is 4.21. The molecular formula is C13H18N2O4. The lowest BCUT2D eigenvalue weighted by Gasteiger charge is -2.14. The molecule has 0 radical (unpaired) electrons. The molecule has 3 N–H and O–H groups in total. The Morgan fingerprint density at radius 1 is 1.47 bits per heavy atom. The number of hydrogen-bond donors (Lipinski definition) is 2. The fourth-order valence-electron chi connectivity index (χ4n) is 2.34. The number of carbonyl (C=O) groups is 2. The number of furan rings is 1. The normalized spacial score (nSPS) is 18.8. The van der Waals surface area contributed by atoms with Gasteiger partial charge in [0, 0.05) is 19.5 Å². The van der Waals surface area contributed by atoms with Crippen LogP contribution < -0.4 is 5.73 Å². The van der Waals surface area contributed by atoms with Gasteiger partial charge in [0.2, 0.25) is 0 Å². The van der Waals surface area contributed by atoms with E-state index < -0.39 is 5.97 Å². The third kappa shape index (κ3) is 3.35. The molecule has 2 heterocycles. The Balaban J connectivity index is 1.89. The minimum atomic E-state index is -0.789. The number of amides is 1. The number of carboxylic acid groups (broad SMARTS) is 1. The highest BCUT2D eigenvalue weighted by atomic mass is 16.4. The summed E-state index contributed by atoms with van der Waals surface area (Å²) in [5, 5.41) is 8.65. The van der Waals surface area contributed by atoms with E-state index in [1.54, 1.807) is 17.0 Å². The van der Waals surface area contributed by atoms with Crippen molar-refractivity contribution in [2.75, 3.05) is 13.1 Å². The predicted molar refractivity (Wildman–Crippen MR) is 67.5 cm³/mol. The SMILES string of the molecule is NCc1ccc(C(=O)N2CCC(CCC(=O)O)C2)o1. The van der Waals surface area contributed by atoms with E-state index in [2.05, 4.69) is 0 Å². The van der Waals surface area contributed by atoms with Gasteiger partial charge in [-0.3, -0.25) is 9.59 Å². The lowest BCUT2D eigenvalue weighted by atomic mass is 10.0. The highest BCUT2D eigenvalue weighted by Crippen LogP contribution is 2.23. The molecule has 6 nitrogen and oxygen atoms in total. The average molecular weight is 266 g/mol. The van der Waals surface area contributed by atoms with Crippen LogP contribution in [0.2, 0.25) is 0 Å². The van der Waals surface area contributed by atoms with Gasteiger partial charge in [0.05, 0.1) is 6.54 Å². The molecule has 104 valence electrons. The van der Waals surface area contributed by atoms with Gasteiger partial charge in [0.1, 0.15) is 5.76 Å². The first-order chi connectivity index (χ1) is 9.10. The van der Waals surface area contributed by atoms with Crippen LogP contribution in [-0.2, 0) is 11.3 Å². The van der Waals surface area contributed by atoms with Crippen molar-refractivity contribution >= 4 is 11.9 Å². The Morgan fingerprint density at radius 3 is 2.89 bits per heavy atom. The van der Waals surface area contributed by atoms with Crippen LogP contribution in [-0.4, -0.2) is 35.0 Å². The molecule has 1 saturated heterocycles. The lowest BCUT2D eigenvalue weighted by Crippen LogP contribution is -2.28. The third-order valence-corrected chi connectivity index (χ3v) is 3.41. The molecule has 0 aliphatic carbocycles. The maximum Gasteiger partial charge on any atom is 0.303 e. The van der Waals surface area contributed by atoms with E-state index >= 15 is 0 Å². The lowest BCUT2D eigenvalue weighted by molar-refractivity contribution is -0.137. The van der Waals surface area contributed by atoms with Gasteiger partial charge in [0.25, 0.3) is 5.91 Å². The molecule has 6 heteroatoms. The van der Waals surface area contributed by atoms with Crippen molar-refractivity contribution in [1.29, 1.82) is 0 Å². The molecule has 19 heavy (non-hydrogen) atoms. The first-order valence-electron chi connectivity index (χ1n) is 6.40. The van der Waals surface area contributed by atoms with E-state index in [1.807, 2.05) is 0 Å². The Morgan fingerprint density at radius 2 is 2.26 bits per heavy atom. The third-order valence-electron chi connectivity index (χ3n) is 3.41. The number of aliphatic carboxylic acids is 1. The fourth-order valence-corrected chi connectivity index (χ4v) is 2.34. The van der Waals surface area contributed by atoms with E-state index in [0.29, 0.717) is 31.0 Å². The van der Waals surface area contributed by atoms with Crippen molar-refractivity contribution in [3.05, 3.63) is 23.7 Å². The zero-order valence-electron chi connectivity index (χ0n) is 10.7. The summed E-state index contributed by atoms with van der Waals surface area (Å²) in [6.45, 7) is 1.53. The number of hydrogen-bond acceptors (Lipinski definition) is 4. The highest BCUT2D eigenvalue weighted by molar-refractivity contribution is 5.91. The summed E-state index contributed by atoms with van der Waals surface area (Å²) in [4.78, 5) is 24.4. The van der Waals surface area contributed by atoms with Crippen LogP contribution in [0.1, 0.15) is 35.6 Å². The van der Waals surface area contributed by atoms with Gasteiger partial charge in [-0.1, -0.05) is 0 Å². The molecule has 0 spiro atoms. The number of rotatable bonds is 5. The zero-order chi connectivity index (χ0) is 13.8. The van der Waals surface area contributed by atoms with E-state index in [0.717, 1.165) is 6.42 Å². The van der Waals surface area contributed by atoms with Crippen molar-refractivity contribution in [1.82, 2.24) is 4.90 Å². The van der Waals surface area contributed by atoms with Gasteiger partial charge in [-0.15, -0.1) is 0 Å². The van der Waals surface area contributed by atoms with Crippen LogP contribution in [0.25, 0.3) is 0 Å². The van der Waals surface area contributed by atoms with E-state index in [4.69, 9.17) is 15.3 Å². The van der Waals surface area contributed by atoms with E-state index in [-0.39, 0.29) is 24.8 Å². The second-order valence-electron chi connectivity index (χ2n) is 4.81. The largest absolute Gasteiger partial charge is 0.481 e. The molecule has 1 aromatic heterocycles. The molecule has 1 aliphatic rings. The summed E-state index contributed by atoms with van der Waals surface area (Å²) in [7, 11) is 0. The highest BCUT2D eigenvalue weighted by Gasteiger charge is 2.28. The summed E-state index contributed by atoms with van der Waals surface area (Å²) in [6.07, 6.45) is 1.62. The number of nitrogens with two attached hydrogens (primary N) is 1. The minimum Gasteiger partial charge on any atom is -0.481 e. The number of carboxylic acids is 1. The molecule has 1 aromatic rings. The van der Waals surface area contributed by atoms with Gasteiger partial charge in [-0.05, 0) is 30.9 Å². The van der Waals surface area contributed by atoms with Crippen molar-refractivity contribution in [2.45, 2.75) is 25.8 Å². The Hall–Kier alpha value is -1.82. The topological polar surface area (TPSA) is 96.8 Å². The van der Waals surface area contributed by atoms with Gasteiger partial charge < -0.3 is 20.2 Å². The zero-order valence-corrected chi connectivity index (χ0v) is 10.7. The Labute approximate surface area is 111 Å². The quantitative estimate of drug-likeness (QED) is 0.830. The summed E-state index contributed by atoms with van der Waals surface area (Å²) in [5.74, 6) is 0.231. The van der Waals surface area contributed by atoms with Gasteiger partial charge in [-0.25, -0.2) is 0 Å². The molecular weight excluding hydrogens is 248 g/mol. The van der Waals surface area contributed by atoms with Crippen molar-refractivity contribution < 1.29 is 19.1 Å². The maximum absolute atomic E-state index is 12.1. The number of likely N-dealkylation sites (tertiary alicyclic amines) is 1. The van der Waals surface area contributed by atoms with Crippen molar-refractivity contribution in [2.24, 2.45) is 11.7 Å². The van der Waals surface area contributed by atoms with Crippen LogP contribution in [0.15, 0.2) is 16.5 Å². The predicted octanol–water partition coefficient (Wildman–Crippen LogP) is 1.07. The smallest absolute Gasteiger partial charge is 0.303 e. The number of nitrogens with zero attached hydrogens (tertiary/aromatic N) is 1.